The SMILES string of the molecule is CCCCCCCC[C@H](CC)N1CC[C@H](N(C(=O)N2CCC[C@H]2c2nn[nH]n2)c2ccccc2)CC[C@@H]1CCC. The van der Waals surface area contributed by atoms with Crippen LogP contribution in [-0.4, -0.2) is 67.7 Å². The Morgan fingerprint density at radius 1 is 0.975 bits per heavy atom. The number of amides is 2. The number of H-pyrrole nitrogens is 1. The summed E-state index contributed by atoms with van der Waals surface area (Å²) in [5.74, 6) is 0.620. The number of carbonyl (C=O) groups excluding carboxylic acids is 1. The van der Waals surface area contributed by atoms with Gasteiger partial charge >= 0.3 is 6.03 Å². The van der Waals surface area contributed by atoms with Crippen LogP contribution < -0.4 is 4.90 Å². The van der Waals surface area contributed by atoms with Crippen LogP contribution in [0.25, 0.3) is 0 Å². The van der Waals surface area contributed by atoms with E-state index in [1.807, 2.05) is 23.1 Å². The molecule has 0 spiro atoms. The van der Waals surface area contributed by atoms with Gasteiger partial charge in [0, 0.05) is 36.9 Å². The van der Waals surface area contributed by atoms with Crippen LogP contribution >= 0.6 is 0 Å². The zero-order valence-corrected chi connectivity index (χ0v) is 25.3. The molecule has 0 bridgehead atoms. The predicted molar refractivity (Wildman–Crippen MR) is 162 cm³/mol. The molecular formula is C32H53N7O. The van der Waals surface area contributed by atoms with Gasteiger partial charge in [0.2, 0.25) is 0 Å². The molecule has 0 radical (unpaired) electrons. The van der Waals surface area contributed by atoms with Gasteiger partial charge in [-0.05, 0) is 63.5 Å². The van der Waals surface area contributed by atoms with Gasteiger partial charge in [0.05, 0.1) is 6.04 Å². The average Bonchev–Trinajstić information content (AvgIpc) is 3.65. The summed E-state index contributed by atoms with van der Waals surface area (Å²) in [6.45, 7) is 8.78. The van der Waals surface area contributed by atoms with Crippen molar-refractivity contribution in [3.63, 3.8) is 0 Å². The highest BCUT2D eigenvalue weighted by atomic mass is 16.2. The lowest BCUT2D eigenvalue weighted by atomic mass is 9.98. The Hall–Kier alpha value is -2.48. The Labute approximate surface area is 242 Å². The van der Waals surface area contributed by atoms with Crippen LogP contribution in [0.15, 0.2) is 30.3 Å². The van der Waals surface area contributed by atoms with Crippen molar-refractivity contribution in [3.05, 3.63) is 36.2 Å². The van der Waals surface area contributed by atoms with E-state index in [-0.39, 0.29) is 18.1 Å². The molecule has 4 rings (SSSR count). The molecular weight excluding hydrogens is 498 g/mol. The van der Waals surface area contributed by atoms with Crippen molar-refractivity contribution in [1.29, 1.82) is 0 Å². The number of rotatable bonds is 14. The van der Waals surface area contributed by atoms with E-state index in [9.17, 15) is 4.79 Å². The predicted octanol–water partition coefficient (Wildman–Crippen LogP) is 7.52. The van der Waals surface area contributed by atoms with E-state index in [0.29, 0.717) is 17.9 Å². The quantitative estimate of drug-likeness (QED) is 0.246. The molecule has 2 amide bonds. The number of unbranched alkanes of at least 4 members (excludes halogenated alkanes) is 5. The third kappa shape index (κ3) is 7.83. The fourth-order valence-electron chi connectivity index (χ4n) is 7.10. The van der Waals surface area contributed by atoms with Crippen molar-refractivity contribution in [2.24, 2.45) is 0 Å². The zero-order valence-electron chi connectivity index (χ0n) is 25.3. The maximum atomic E-state index is 14.3. The summed E-state index contributed by atoms with van der Waals surface area (Å²) in [5.41, 5.74) is 0.996. The van der Waals surface area contributed by atoms with Crippen LogP contribution in [0.1, 0.15) is 129 Å². The van der Waals surface area contributed by atoms with Crippen molar-refractivity contribution in [2.75, 3.05) is 18.0 Å². The van der Waals surface area contributed by atoms with Gasteiger partial charge in [-0.3, -0.25) is 9.80 Å². The van der Waals surface area contributed by atoms with Crippen LogP contribution in [0.4, 0.5) is 10.5 Å². The number of para-hydroxylation sites is 1. The first-order valence-corrected chi connectivity index (χ1v) is 16.3. The summed E-state index contributed by atoms with van der Waals surface area (Å²) in [5, 5.41) is 14.8. The van der Waals surface area contributed by atoms with Crippen LogP contribution in [0.3, 0.4) is 0 Å². The normalized spacial score (nSPS) is 22.8. The van der Waals surface area contributed by atoms with Crippen molar-refractivity contribution < 1.29 is 4.79 Å². The summed E-state index contributed by atoms with van der Waals surface area (Å²) in [6.07, 6.45) is 18.1. The molecule has 40 heavy (non-hydrogen) atoms. The van der Waals surface area contributed by atoms with E-state index < -0.39 is 0 Å². The number of aromatic amines is 1. The summed E-state index contributed by atoms with van der Waals surface area (Å²) in [6, 6.07) is 11.7. The van der Waals surface area contributed by atoms with Crippen LogP contribution in [0.5, 0.6) is 0 Å². The van der Waals surface area contributed by atoms with E-state index >= 15 is 0 Å². The highest BCUT2D eigenvalue weighted by Crippen LogP contribution is 2.35. The number of carbonyl (C=O) groups is 1. The van der Waals surface area contributed by atoms with E-state index in [0.717, 1.165) is 50.9 Å². The molecule has 2 aliphatic heterocycles. The maximum absolute atomic E-state index is 14.3. The average molecular weight is 552 g/mol. The van der Waals surface area contributed by atoms with Gasteiger partial charge in [-0.25, -0.2) is 4.79 Å². The second-order valence-corrected chi connectivity index (χ2v) is 11.9. The smallest absolute Gasteiger partial charge is 0.314 e. The monoisotopic (exact) mass is 551 g/mol. The highest BCUT2D eigenvalue weighted by Gasteiger charge is 2.39. The van der Waals surface area contributed by atoms with Crippen LogP contribution in [-0.2, 0) is 0 Å². The largest absolute Gasteiger partial charge is 0.325 e. The molecule has 2 saturated heterocycles. The van der Waals surface area contributed by atoms with Gasteiger partial charge in [0.15, 0.2) is 5.82 Å². The minimum absolute atomic E-state index is 0.0862. The molecule has 222 valence electrons. The molecule has 1 aromatic carbocycles. The molecule has 1 N–H and O–H groups in total. The van der Waals surface area contributed by atoms with E-state index in [1.54, 1.807) is 0 Å². The third-order valence-corrected chi connectivity index (χ3v) is 9.24. The summed E-state index contributed by atoms with van der Waals surface area (Å²) >= 11 is 0. The Bertz CT molecular complexity index is 969. The van der Waals surface area contributed by atoms with E-state index in [2.05, 4.69) is 63.3 Å². The number of hydrogen-bond acceptors (Lipinski definition) is 5. The van der Waals surface area contributed by atoms with E-state index in [4.69, 9.17) is 0 Å². The van der Waals surface area contributed by atoms with Gasteiger partial charge in [-0.2, -0.15) is 5.21 Å². The van der Waals surface area contributed by atoms with Gasteiger partial charge in [-0.1, -0.05) is 89.1 Å². The molecule has 2 fully saturated rings. The molecule has 0 unspecified atom stereocenters. The van der Waals surface area contributed by atoms with Gasteiger partial charge in [0.25, 0.3) is 0 Å². The van der Waals surface area contributed by atoms with Crippen molar-refractivity contribution in [3.8, 4) is 0 Å². The first kappa shape index (κ1) is 30.5. The molecule has 3 heterocycles. The van der Waals surface area contributed by atoms with Crippen molar-refractivity contribution >= 4 is 11.7 Å². The first-order chi connectivity index (χ1) is 19.7. The molecule has 2 aromatic rings. The van der Waals surface area contributed by atoms with Crippen molar-refractivity contribution in [1.82, 2.24) is 30.4 Å². The fourth-order valence-corrected chi connectivity index (χ4v) is 7.10. The number of benzene rings is 1. The number of hydrogen-bond donors (Lipinski definition) is 1. The topological polar surface area (TPSA) is 81.2 Å². The summed E-state index contributed by atoms with van der Waals surface area (Å²) < 4.78 is 0. The minimum atomic E-state index is -0.116. The van der Waals surface area contributed by atoms with Crippen LogP contribution in [0, 0.1) is 0 Å². The van der Waals surface area contributed by atoms with Gasteiger partial charge in [0.1, 0.15) is 0 Å². The first-order valence-electron chi connectivity index (χ1n) is 16.3. The molecule has 8 nitrogen and oxygen atoms in total. The number of tetrazole rings is 1. The Morgan fingerprint density at radius 2 is 1.77 bits per heavy atom. The van der Waals surface area contributed by atoms with Crippen molar-refractivity contribution in [2.45, 2.75) is 141 Å². The fraction of sp³-hybridized carbons (Fsp3) is 0.750. The lowest BCUT2D eigenvalue weighted by Gasteiger charge is -2.37. The molecule has 4 atom stereocenters. The molecule has 1 aromatic heterocycles. The molecule has 8 heteroatoms. The Morgan fingerprint density at radius 3 is 2.50 bits per heavy atom. The lowest BCUT2D eigenvalue weighted by molar-refractivity contribution is 0.115. The Kier molecular flexibility index (Phi) is 12.3. The van der Waals surface area contributed by atoms with E-state index in [1.165, 1.54) is 64.2 Å². The lowest BCUT2D eigenvalue weighted by Crippen LogP contribution is -2.49. The number of aromatic nitrogens is 4. The summed E-state index contributed by atoms with van der Waals surface area (Å²) in [4.78, 5) is 21.3. The van der Waals surface area contributed by atoms with Crippen LogP contribution in [0.2, 0.25) is 0 Å². The number of urea groups is 1. The Balaban J connectivity index is 1.50. The third-order valence-electron chi connectivity index (χ3n) is 9.24. The second-order valence-electron chi connectivity index (χ2n) is 11.9. The molecule has 0 aliphatic carbocycles. The minimum Gasteiger partial charge on any atom is -0.314 e. The second kappa shape index (κ2) is 16.1. The number of nitrogens with one attached hydrogen (secondary N) is 1. The zero-order chi connectivity index (χ0) is 28.2. The maximum Gasteiger partial charge on any atom is 0.325 e. The number of nitrogens with zero attached hydrogens (tertiary/aromatic N) is 6. The number of likely N-dealkylation sites (tertiary alicyclic amines) is 2. The van der Waals surface area contributed by atoms with Gasteiger partial charge in [-0.15, -0.1) is 10.2 Å². The summed E-state index contributed by atoms with van der Waals surface area (Å²) in [7, 11) is 0. The highest BCUT2D eigenvalue weighted by molar-refractivity contribution is 5.93. The molecule has 0 saturated carbocycles. The standard InChI is InChI=1S/C32H53N7O/c1-4-7-8-9-10-12-17-26(6-3)37-25-23-29(22-21-27(37)16-5-2)39(28-18-13-11-14-19-28)32(40)38-24-15-20-30(38)31-33-35-36-34-31/h11,13-14,18-19,26-27,29-30H,4-10,12,15-17,20-25H2,1-3H3,(H,33,34,35,36)/t26-,27-,29+,30-/m0/s1. The molecule has 2 aliphatic rings. The van der Waals surface area contributed by atoms with Gasteiger partial charge < -0.3 is 4.90 Å². The number of anilines is 1.